The Kier molecular flexibility index (Phi) is 9.58. The Bertz CT molecular complexity index is 1510. The van der Waals surface area contributed by atoms with E-state index in [2.05, 4.69) is 28.9 Å². The number of ether oxygens (including phenoxy) is 1. The highest BCUT2D eigenvalue weighted by atomic mass is 32.2. The monoisotopic (exact) mass is 624 g/mol. The maximum atomic E-state index is 13.6. The molecule has 1 fully saturated rings. The summed E-state index contributed by atoms with van der Waals surface area (Å²) in [7, 11) is -3.06. The molecule has 9 nitrogen and oxygen atoms in total. The summed E-state index contributed by atoms with van der Waals surface area (Å²) in [6.07, 6.45) is -4.65. The highest BCUT2D eigenvalue weighted by molar-refractivity contribution is 7.89. The molecule has 14 heteroatoms. The van der Waals surface area contributed by atoms with Gasteiger partial charge in [0.15, 0.2) is 5.13 Å². The third kappa shape index (κ3) is 7.28. The van der Waals surface area contributed by atoms with Crippen molar-refractivity contribution in [2.45, 2.75) is 49.8 Å². The molecule has 1 unspecified atom stereocenters. The van der Waals surface area contributed by atoms with Crippen molar-refractivity contribution in [1.29, 1.82) is 0 Å². The Hall–Kier alpha value is -3.49. The molecule has 4 rings (SSSR count). The van der Waals surface area contributed by atoms with E-state index in [0.29, 0.717) is 28.9 Å². The molecule has 42 heavy (non-hydrogen) atoms. The summed E-state index contributed by atoms with van der Waals surface area (Å²) in [4.78, 5) is 31.0. The van der Waals surface area contributed by atoms with Crippen molar-refractivity contribution in [3.63, 3.8) is 0 Å². The number of halogens is 3. The van der Waals surface area contributed by atoms with Crippen molar-refractivity contribution >= 4 is 38.4 Å². The molecule has 0 radical (unpaired) electrons. The van der Waals surface area contributed by atoms with Crippen molar-refractivity contribution in [1.82, 2.24) is 14.6 Å². The average Bonchev–Trinajstić information content (AvgIpc) is 3.43. The fourth-order valence-corrected chi connectivity index (χ4v) is 6.90. The summed E-state index contributed by atoms with van der Waals surface area (Å²) in [6.45, 7) is 4.30. The molecule has 2 aromatic carbocycles. The number of alkyl halides is 3. The molecular weight excluding hydrogens is 593 g/mol. The number of carbonyl (C=O) groups is 2. The first-order valence-electron chi connectivity index (χ1n) is 13.1. The largest absolute Gasteiger partial charge is 0.469 e. The number of esters is 1. The van der Waals surface area contributed by atoms with Gasteiger partial charge in [0.1, 0.15) is 6.04 Å². The van der Waals surface area contributed by atoms with Crippen LogP contribution in [0.5, 0.6) is 0 Å². The molecule has 1 aliphatic rings. The average molecular weight is 625 g/mol. The summed E-state index contributed by atoms with van der Waals surface area (Å²) in [5.41, 5.74) is 1.46. The Morgan fingerprint density at radius 3 is 2.36 bits per heavy atom. The van der Waals surface area contributed by atoms with E-state index >= 15 is 0 Å². The van der Waals surface area contributed by atoms with E-state index in [0.717, 1.165) is 27.6 Å². The first-order chi connectivity index (χ1) is 19.8. The Morgan fingerprint density at radius 2 is 1.76 bits per heavy atom. The van der Waals surface area contributed by atoms with Crippen LogP contribution < -0.4 is 10.2 Å². The number of thiazole rings is 1. The van der Waals surface area contributed by atoms with Gasteiger partial charge in [-0.05, 0) is 41.3 Å². The number of aromatic nitrogens is 1. The van der Waals surface area contributed by atoms with Gasteiger partial charge in [0.05, 0.1) is 29.7 Å². The molecule has 1 saturated heterocycles. The van der Waals surface area contributed by atoms with Gasteiger partial charge in [-0.1, -0.05) is 38.1 Å². The van der Waals surface area contributed by atoms with Crippen molar-refractivity contribution in [3.8, 4) is 0 Å². The molecule has 3 aromatic rings. The van der Waals surface area contributed by atoms with E-state index in [4.69, 9.17) is 0 Å². The van der Waals surface area contributed by atoms with Crippen molar-refractivity contribution in [3.05, 3.63) is 76.3 Å². The number of methoxy groups -OCH3 is 1. The van der Waals surface area contributed by atoms with Gasteiger partial charge >= 0.3 is 12.1 Å². The Morgan fingerprint density at radius 1 is 1.10 bits per heavy atom. The molecule has 0 saturated carbocycles. The smallest absolute Gasteiger partial charge is 0.416 e. The summed E-state index contributed by atoms with van der Waals surface area (Å²) < 4.78 is 72.2. The van der Waals surface area contributed by atoms with E-state index in [9.17, 15) is 31.2 Å². The fourth-order valence-electron chi connectivity index (χ4n) is 4.46. The van der Waals surface area contributed by atoms with Crippen molar-refractivity contribution in [2.75, 3.05) is 31.6 Å². The van der Waals surface area contributed by atoms with Crippen LogP contribution in [0.1, 0.15) is 42.1 Å². The van der Waals surface area contributed by atoms with Crippen LogP contribution in [0.4, 0.5) is 18.3 Å². The number of amides is 1. The summed E-state index contributed by atoms with van der Waals surface area (Å²) in [5, 5.41) is 5.00. The lowest BCUT2D eigenvalue weighted by molar-refractivity contribution is -0.140. The molecule has 1 N–H and O–H groups in total. The van der Waals surface area contributed by atoms with E-state index in [-0.39, 0.29) is 37.5 Å². The lowest BCUT2D eigenvalue weighted by atomic mass is 10.0. The van der Waals surface area contributed by atoms with Gasteiger partial charge in [0.25, 0.3) is 0 Å². The van der Waals surface area contributed by atoms with Gasteiger partial charge in [-0.3, -0.25) is 9.59 Å². The van der Waals surface area contributed by atoms with Crippen molar-refractivity contribution in [2.24, 2.45) is 0 Å². The molecular formula is C28H31F3N4O5S2. The number of nitrogens with zero attached hydrogens (tertiary/aromatic N) is 3. The highest BCUT2D eigenvalue weighted by Crippen LogP contribution is 2.32. The maximum absolute atomic E-state index is 13.6. The van der Waals surface area contributed by atoms with Crippen LogP contribution >= 0.6 is 11.3 Å². The number of hydrogen-bond acceptors (Lipinski definition) is 8. The fraction of sp³-hybridized carbons (Fsp3) is 0.393. The molecule has 0 aliphatic carbocycles. The van der Waals surface area contributed by atoms with Gasteiger partial charge in [-0.25, -0.2) is 13.4 Å². The molecule has 1 aliphatic heterocycles. The third-order valence-corrected chi connectivity index (χ3v) is 9.77. The second kappa shape index (κ2) is 12.8. The Balaban J connectivity index is 1.58. The second-order valence-electron chi connectivity index (χ2n) is 10.1. The molecule has 0 spiro atoms. The predicted octanol–water partition coefficient (Wildman–Crippen LogP) is 4.20. The number of carbonyl (C=O) groups excluding carboxylic acids is 2. The SMILES string of the molecule is COC(=O)Cc1csc(N2CCN(S(=O)(=O)c3ccc(C(F)(F)F)cc3)C(C(=O)NCc3ccc(C(C)C)cc3)C2)n1. The number of sulfonamides is 1. The Labute approximate surface area is 246 Å². The molecule has 1 amide bonds. The standard InChI is InChI=1S/C28H31F3N4O5S2/c1-18(2)20-6-4-19(5-7-20)15-32-26(37)24-16-34(27-33-22(17-41-27)14-25(36)40-3)12-13-35(24)42(38,39)23-10-8-21(9-11-23)28(29,30)31/h4-11,17-18,24H,12-16H2,1-3H3,(H,32,37). The van der Waals surface area contributed by atoms with Gasteiger partial charge in [-0.15, -0.1) is 11.3 Å². The van der Waals surface area contributed by atoms with Gasteiger partial charge in [0, 0.05) is 31.6 Å². The molecule has 226 valence electrons. The van der Waals surface area contributed by atoms with E-state index in [1.165, 1.54) is 18.4 Å². The van der Waals surface area contributed by atoms with Crippen LogP contribution in [0.25, 0.3) is 0 Å². The molecule has 1 atom stereocenters. The number of benzene rings is 2. The van der Waals surface area contributed by atoms with Crippen LogP contribution in [-0.2, 0) is 43.5 Å². The lowest BCUT2D eigenvalue weighted by Gasteiger charge is -2.39. The molecule has 2 heterocycles. The number of piperazine rings is 1. The van der Waals surface area contributed by atoms with Gasteiger partial charge in [-0.2, -0.15) is 17.5 Å². The third-order valence-electron chi connectivity index (χ3n) is 6.90. The van der Waals surface area contributed by atoms with Crippen LogP contribution in [0.2, 0.25) is 0 Å². The number of hydrogen-bond donors (Lipinski definition) is 1. The van der Waals surface area contributed by atoms with E-state index in [1.54, 1.807) is 10.3 Å². The van der Waals surface area contributed by atoms with Crippen LogP contribution in [-0.4, -0.2) is 62.4 Å². The van der Waals surface area contributed by atoms with Gasteiger partial charge in [0.2, 0.25) is 15.9 Å². The van der Waals surface area contributed by atoms with Crippen LogP contribution in [0, 0.1) is 0 Å². The number of rotatable bonds is 9. The molecule has 1 aromatic heterocycles. The minimum Gasteiger partial charge on any atom is -0.469 e. The zero-order valence-corrected chi connectivity index (χ0v) is 24.9. The maximum Gasteiger partial charge on any atom is 0.416 e. The number of nitrogens with one attached hydrogen (secondary N) is 1. The highest BCUT2D eigenvalue weighted by Gasteiger charge is 2.41. The zero-order valence-electron chi connectivity index (χ0n) is 23.2. The normalized spacial score (nSPS) is 16.5. The minimum absolute atomic E-state index is 0.0330. The summed E-state index contributed by atoms with van der Waals surface area (Å²) in [6, 6.07) is 9.71. The van der Waals surface area contributed by atoms with Gasteiger partial charge < -0.3 is 15.0 Å². The topological polar surface area (TPSA) is 109 Å². The first kappa shape index (κ1) is 31.4. The lowest BCUT2D eigenvalue weighted by Crippen LogP contribution is -2.60. The number of anilines is 1. The molecule has 0 bridgehead atoms. The first-order valence-corrected chi connectivity index (χ1v) is 15.4. The van der Waals surface area contributed by atoms with Crippen LogP contribution in [0.15, 0.2) is 58.8 Å². The second-order valence-corrected chi connectivity index (χ2v) is 12.8. The zero-order chi connectivity index (χ0) is 30.7. The van der Waals surface area contributed by atoms with E-state index < -0.39 is 39.7 Å². The predicted molar refractivity (Wildman–Crippen MR) is 152 cm³/mol. The van der Waals surface area contributed by atoms with Crippen molar-refractivity contribution < 1.29 is 35.9 Å². The summed E-state index contributed by atoms with van der Waals surface area (Å²) >= 11 is 1.25. The minimum atomic E-state index is -4.62. The van der Waals surface area contributed by atoms with E-state index in [1.807, 2.05) is 24.3 Å². The van der Waals surface area contributed by atoms with Crippen LogP contribution in [0.3, 0.4) is 0 Å². The quantitative estimate of drug-likeness (QED) is 0.356. The summed E-state index contributed by atoms with van der Waals surface area (Å²) in [5.74, 6) is -0.683.